The highest BCUT2D eigenvalue weighted by Crippen LogP contribution is 2.27. The molecule has 214 valence electrons. The van der Waals surface area contributed by atoms with Gasteiger partial charge in [0.15, 0.2) is 0 Å². The maximum Gasteiger partial charge on any atom is 0.264 e. The SMILES string of the molecule is CC[C@H](C)NC(=O)[C@H](CC)N(CCc1ccccc1)C(=O)CN(c1ccccc1C)S(=O)(=O)c1ccc(C)cc1. The summed E-state index contributed by atoms with van der Waals surface area (Å²) in [5, 5.41) is 3.00. The zero-order valence-corrected chi connectivity index (χ0v) is 24.9. The van der Waals surface area contributed by atoms with Crippen LogP contribution >= 0.6 is 0 Å². The Balaban J connectivity index is 2.02. The average molecular weight is 564 g/mol. The third-order valence-electron chi connectivity index (χ3n) is 7.14. The van der Waals surface area contributed by atoms with E-state index in [1.807, 2.05) is 77.1 Å². The largest absolute Gasteiger partial charge is 0.352 e. The van der Waals surface area contributed by atoms with Crippen LogP contribution in [0.4, 0.5) is 5.69 Å². The minimum atomic E-state index is -4.08. The molecule has 0 aliphatic carbocycles. The Kier molecular flexibility index (Phi) is 10.9. The fraction of sp³-hybridized carbons (Fsp3) is 0.375. The number of amides is 2. The number of sulfonamides is 1. The standard InChI is InChI=1S/C32H41N3O4S/c1-6-26(5)33-32(37)29(7-2)34(22-21-27-14-9-8-10-15-27)31(36)23-35(30-16-12-11-13-25(30)4)40(38,39)28-19-17-24(3)18-20-28/h8-20,26,29H,6-7,21-23H2,1-5H3,(H,33,37)/t26-,29-/m0/s1. The lowest BCUT2D eigenvalue weighted by Crippen LogP contribution is -2.54. The van der Waals surface area contributed by atoms with Gasteiger partial charge in [-0.15, -0.1) is 0 Å². The van der Waals surface area contributed by atoms with Gasteiger partial charge in [0.2, 0.25) is 11.8 Å². The summed E-state index contributed by atoms with van der Waals surface area (Å²) in [7, 11) is -4.08. The van der Waals surface area contributed by atoms with Gasteiger partial charge in [0.25, 0.3) is 10.0 Å². The van der Waals surface area contributed by atoms with Crippen LogP contribution in [0.15, 0.2) is 83.8 Å². The fourth-order valence-electron chi connectivity index (χ4n) is 4.53. The van der Waals surface area contributed by atoms with E-state index in [0.717, 1.165) is 23.1 Å². The summed E-state index contributed by atoms with van der Waals surface area (Å²) in [4.78, 5) is 29.1. The molecule has 2 atom stereocenters. The monoisotopic (exact) mass is 563 g/mol. The molecule has 1 N–H and O–H groups in total. The predicted octanol–water partition coefficient (Wildman–Crippen LogP) is 5.26. The molecule has 0 aliphatic rings. The lowest BCUT2D eigenvalue weighted by atomic mass is 10.1. The number of para-hydroxylation sites is 1. The highest BCUT2D eigenvalue weighted by molar-refractivity contribution is 7.92. The van der Waals surface area contributed by atoms with Crippen LogP contribution in [0.3, 0.4) is 0 Å². The smallest absolute Gasteiger partial charge is 0.264 e. The molecule has 40 heavy (non-hydrogen) atoms. The van der Waals surface area contributed by atoms with Crippen molar-refractivity contribution in [2.75, 3.05) is 17.4 Å². The molecule has 0 saturated carbocycles. The van der Waals surface area contributed by atoms with Gasteiger partial charge in [-0.05, 0) is 69.4 Å². The summed E-state index contributed by atoms with van der Waals surface area (Å²) >= 11 is 0. The van der Waals surface area contributed by atoms with Crippen molar-refractivity contribution in [3.05, 3.63) is 95.6 Å². The van der Waals surface area contributed by atoms with Crippen LogP contribution in [0.25, 0.3) is 0 Å². The molecule has 8 heteroatoms. The molecule has 3 aromatic rings. The van der Waals surface area contributed by atoms with E-state index in [9.17, 15) is 18.0 Å². The second-order valence-corrected chi connectivity index (χ2v) is 12.0. The molecule has 3 rings (SSSR count). The second kappa shape index (κ2) is 14.1. The Morgan fingerprint density at radius 1 is 0.850 bits per heavy atom. The molecule has 7 nitrogen and oxygen atoms in total. The van der Waals surface area contributed by atoms with E-state index < -0.39 is 28.5 Å². The molecule has 0 radical (unpaired) electrons. The molecule has 0 heterocycles. The third-order valence-corrected chi connectivity index (χ3v) is 8.92. The minimum absolute atomic E-state index is 0.0435. The first kappa shape index (κ1) is 30.9. The molecule has 3 aromatic carbocycles. The lowest BCUT2D eigenvalue weighted by Gasteiger charge is -2.34. The first-order chi connectivity index (χ1) is 19.1. The van der Waals surface area contributed by atoms with Gasteiger partial charge in [0, 0.05) is 12.6 Å². The normalized spacial score (nSPS) is 12.8. The summed E-state index contributed by atoms with van der Waals surface area (Å²) in [5.74, 6) is -0.664. The van der Waals surface area contributed by atoms with E-state index in [1.54, 1.807) is 41.3 Å². The predicted molar refractivity (Wildman–Crippen MR) is 161 cm³/mol. The summed E-state index contributed by atoms with van der Waals surface area (Å²) in [6.45, 7) is 9.34. The zero-order valence-electron chi connectivity index (χ0n) is 24.1. The van der Waals surface area contributed by atoms with Gasteiger partial charge in [0.05, 0.1) is 10.6 Å². The van der Waals surface area contributed by atoms with Gasteiger partial charge < -0.3 is 10.2 Å². The number of nitrogens with one attached hydrogen (secondary N) is 1. The Hall–Kier alpha value is -3.65. The summed E-state index contributed by atoms with van der Waals surface area (Å²) < 4.78 is 29.1. The van der Waals surface area contributed by atoms with Crippen molar-refractivity contribution >= 4 is 27.5 Å². The van der Waals surface area contributed by atoms with E-state index >= 15 is 0 Å². The number of nitrogens with zero attached hydrogens (tertiary/aromatic N) is 2. The van der Waals surface area contributed by atoms with Gasteiger partial charge in [-0.3, -0.25) is 13.9 Å². The summed E-state index contributed by atoms with van der Waals surface area (Å²) in [6.07, 6.45) is 1.70. The van der Waals surface area contributed by atoms with E-state index in [0.29, 0.717) is 18.5 Å². The molecule has 0 fully saturated rings. The first-order valence-corrected chi connectivity index (χ1v) is 15.3. The Labute approximate surface area is 239 Å². The van der Waals surface area contributed by atoms with Crippen molar-refractivity contribution in [1.82, 2.24) is 10.2 Å². The average Bonchev–Trinajstić information content (AvgIpc) is 2.94. The first-order valence-electron chi connectivity index (χ1n) is 13.9. The van der Waals surface area contributed by atoms with Gasteiger partial charge in [-0.1, -0.05) is 80.1 Å². The molecular formula is C32H41N3O4S. The molecule has 0 saturated heterocycles. The highest BCUT2D eigenvalue weighted by Gasteiger charge is 2.34. The third kappa shape index (κ3) is 7.72. The molecular weight excluding hydrogens is 522 g/mol. The quantitative estimate of drug-likeness (QED) is 0.307. The number of hydrogen-bond donors (Lipinski definition) is 1. The van der Waals surface area contributed by atoms with Crippen molar-refractivity contribution in [1.29, 1.82) is 0 Å². The van der Waals surface area contributed by atoms with Gasteiger partial charge in [-0.25, -0.2) is 8.42 Å². The zero-order chi connectivity index (χ0) is 29.3. The fourth-order valence-corrected chi connectivity index (χ4v) is 6.01. The van der Waals surface area contributed by atoms with Crippen LogP contribution in [0.5, 0.6) is 0 Å². The van der Waals surface area contributed by atoms with Crippen molar-refractivity contribution in [2.24, 2.45) is 0 Å². The van der Waals surface area contributed by atoms with E-state index in [1.165, 1.54) is 4.31 Å². The Morgan fingerprint density at radius 3 is 2.08 bits per heavy atom. The van der Waals surface area contributed by atoms with Crippen molar-refractivity contribution < 1.29 is 18.0 Å². The molecule has 0 bridgehead atoms. The number of carbonyl (C=O) groups is 2. The lowest BCUT2D eigenvalue weighted by molar-refractivity contribution is -0.139. The highest BCUT2D eigenvalue weighted by atomic mass is 32.2. The molecule has 0 aromatic heterocycles. The van der Waals surface area contributed by atoms with Crippen LogP contribution in [0.1, 0.15) is 50.3 Å². The number of anilines is 1. The van der Waals surface area contributed by atoms with Crippen molar-refractivity contribution in [3.8, 4) is 0 Å². The minimum Gasteiger partial charge on any atom is -0.352 e. The van der Waals surface area contributed by atoms with E-state index in [-0.39, 0.29) is 23.4 Å². The summed E-state index contributed by atoms with van der Waals surface area (Å²) in [5.41, 5.74) is 3.11. The van der Waals surface area contributed by atoms with E-state index in [4.69, 9.17) is 0 Å². The number of aryl methyl sites for hydroxylation is 2. The Bertz CT molecular complexity index is 1370. The van der Waals surface area contributed by atoms with Crippen LogP contribution < -0.4 is 9.62 Å². The number of rotatable bonds is 13. The van der Waals surface area contributed by atoms with Crippen LogP contribution in [-0.4, -0.2) is 50.3 Å². The van der Waals surface area contributed by atoms with Crippen molar-refractivity contribution in [2.45, 2.75) is 70.9 Å². The molecule has 0 aliphatic heterocycles. The number of carbonyl (C=O) groups excluding carboxylic acids is 2. The van der Waals surface area contributed by atoms with E-state index in [2.05, 4.69) is 5.32 Å². The number of hydrogen-bond acceptors (Lipinski definition) is 4. The van der Waals surface area contributed by atoms with Gasteiger partial charge in [0.1, 0.15) is 12.6 Å². The van der Waals surface area contributed by atoms with Gasteiger partial charge >= 0.3 is 0 Å². The maximum atomic E-state index is 14.1. The summed E-state index contributed by atoms with van der Waals surface area (Å²) in [6, 6.07) is 22.7. The molecule has 2 amide bonds. The van der Waals surface area contributed by atoms with Crippen LogP contribution in [0.2, 0.25) is 0 Å². The second-order valence-electron chi connectivity index (χ2n) is 10.2. The topological polar surface area (TPSA) is 86.8 Å². The maximum absolute atomic E-state index is 14.1. The molecule has 0 spiro atoms. The van der Waals surface area contributed by atoms with Crippen LogP contribution in [-0.2, 0) is 26.0 Å². The van der Waals surface area contributed by atoms with Crippen molar-refractivity contribution in [3.63, 3.8) is 0 Å². The van der Waals surface area contributed by atoms with Gasteiger partial charge in [-0.2, -0.15) is 0 Å². The Morgan fingerprint density at radius 2 is 1.48 bits per heavy atom. The van der Waals surface area contributed by atoms with Crippen LogP contribution in [0, 0.1) is 13.8 Å². The number of benzene rings is 3. The molecule has 0 unspecified atom stereocenters.